The van der Waals surface area contributed by atoms with Crippen molar-refractivity contribution < 1.29 is 4.79 Å². The number of piperidine rings is 1. The number of halogens is 3. The van der Waals surface area contributed by atoms with Gasteiger partial charge in [0.2, 0.25) is 0 Å². The molecule has 0 atom stereocenters. The third-order valence-electron chi connectivity index (χ3n) is 4.60. The summed E-state index contributed by atoms with van der Waals surface area (Å²) in [6.45, 7) is 3.95. The third-order valence-corrected chi connectivity index (χ3v) is 5.50. The fourth-order valence-electron chi connectivity index (χ4n) is 3.24. The van der Waals surface area contributed by atoms with Gasteiger partial charge < -0.3 is 10.2 Å². The van der Waals surface area contributed by atoms with Crippen molar-refractivity contribution in [1.29, 1.82) is 0 Å². The highest BCUT2D eigenvalue weighted by molar-refractivity contribution is 9.10. The Morgan fingerprint density at radius 2 is 2.00 bits per heavy atom. The molecule has 21 heavy (non-hydrogen) atoms. The number of benzene rings is 1. The van der Waals surface area contributed by atoms with Gasteiger partial charge in [0.1, 0.15) is 0 Å². The van der Waals surface area contributed by atoms with E-state index in [1.54, 1.807) is 18.2 Å². The fraction of sp³-hybridized carbons (Fsp3) is 0.533. The summed E-state index contributed by atoms with van der Waals surface area (Å²) < 4.78 is 0.776. The number of amides is 1. The van der Waals surface area contributed by atoms with E-state index in [9.17, 15) is 4.79 Å². The monoisotopic (exact) mass is 392 g/mol. The molecule has 2 aliphatic heterocycles. The molecule has 1 N–H and O–H groups in total. The lowest BCUT2D eigenvalue weighted by atomic mass is 9.78. The number of hydrogen-bond acceptors (Lipinski definition) is 2. The highest BCUT2D eigenvalue weighted by Gasteiger charge is 2.38. The van der Waals surface area contributed by atoms with E-state index in [0.717, 1.165) is 43.5 Å². The topological polar surface area (TPSA) is 32.3 Å². The van der Waals surface area contributed by atoms with Gasteiger partial charge in [-0.1, -0.05) is 11.6 Å². The maximum atomic E-state index is 12.6. The molecule has 3 nitrogen and oxygen atoms in total. The van der Waals surface area contributed by atoms with Crippen molar-refractivity contribution in [1.82, 2.24) is 10.2 Å². The average molecular weight is 394 g/mol. The number of carbonyl (C=O) groups is 1. The first-order chi connectivity index (χ1) is 9.60. The van der Waals surface area contributed by atoms with E-state index in [1.165, 1.54) is 6.42 Å². The van der Waals surface area contributed by atoms with E-state index in [0.29, 0.717) is 16.0 Å². The van der Waals surface area contributed by atoms with Gasteiger partial charge in [-0.3, -0.25) is 4.79 Å². The molecule has 1 aromatic rings. The number of hydrogen-bond donors (Lipinski definition) is 1. The van der Waals surface area contributed by atoms with Crippen LogP contribution in [0.2, 0.25) is 5.02 Å². The van der Waals surface area contributed by atoms with Crippen LogP contribution in [0.4, 0.5) is 0 Å². The summed E-state index contributed by atoms with van der Waals surface area (Å²) in [7, 11) is 0. The van der Waals surface area contributed by atoms with Crippen molar-refractivity contribution in [3.8, 4) is 0 Å². The second-order valence-corrected chi connectivity index (χ2v) is 7.13. The van der Waals surface area contributed by atoms with Crippen molar-refractivity contribution in [3.63, 3.8) is 0 Å². The largest absolute Gasteiger partial charge is 0.339 e. The molecule has 2 saturated heterocycles. The van der Waals surface area contributed by atoms with Crippen LogP contribution >= 0.6 is 39.9 Å². The second-order valence-electron chi connectivity index (χ2n) is 5.84. The summed E-state index contributed by atoms with van der Waals surface area (Å²) in [5, 5.41) is 4.09. The van der Waals surface area contributed by atoms with Crippen molar-refractivity contribution in [2.75, 3.05) is 26.2 Å². The summed E-state index contributed by atoms with van der Waals surface area (Å²) in [5.41, 5.74) is 1.14. The smallest absolute Gasteiger partial charge is 0.254 e. The number of carbonyl (C=O) groups excluding carboxylic acids is 1. The van der Waals surface area contributed by atoms with Gasteiger partial charge in [0, 0.05) is 29.1 Å². The van der Waals surface area contributed by atoms with E-state index in [-0.39, 0.29) is 18.3 Å². The molecule has 2 heterocycles. The molecule has 6 heteroatoms. The normalized spacial score (nSPS) is 20.4. The lowest BCUT2D eigenvalue weighted by molar-refractivity contribution is 0.0607. The number of rotatable bonds is 1. The quantitative estimate of drug-likeness (QED) is 0.788. The standard InChI is InChI=1S/C15H18BrClN2O.ClH/c16-13-9-11(17)1-2-12(13)14(20)19-7-4-15(5-8-19)3-6-18-10-15;/h1-2,9,18H,3-8,10H2;1H. The molecule has 0 aliphatic carbocycles. The van der Waals surface area contributed by atoms with E-state index < -0.39 is 0 Å². The SMILES string of the molecule is Cl.O=C(c1ccc(Cl)cc1Br)N1CCC2(CCNC2)CC1. The highest BCUT2D eigenvalue weighted by Crippen LogP contribution is 2.37. The predicted octanol–water partition coefficient (Wildman–Crippen LogP) is 3.74. The van der Waals surface area contributed by atoms with Crippen LogP contribution in [0, 0.1) is 5.41 Å². The predicted molar refractivity (Wildman–Crippen MR) is 91.5 cm³/mol. The lowest BCUT2D eigenvalue weighted by Gasteiger charge is -2.39. The first-order valence-electron chi connectivity index (χ1n) is 7.05. The van der Waals surface area contributed by atoms with E-state index in [2.05, 4.69) is 21.2 Å². The molecular formula is C15H19BrCl2N2O. The van der Waals surface area contributed by atoms with Crippen LogP contribution < -0.4 is 5.32 Å². The van der Waals surface area contributed by atoms with E-state index in [1.807, 2.05) is 4.90 Å². The zero-order valence-corrected chi connectivity index (χ0v) is 14.9. The lowest BCUT2D eigenvalue weighted by Crippen LogP contribution is -2.44. The molecule has 0 bridgehead atoms. The van der Waals surface area contributed by atoms with E-state index >= 15 is 0 Å². The van der Waals surface area contributed by atoms with Crippen molar-refractivity contribution in [2.45, 2.75) is 19.3 Å². The Kier molecular flexibility index (Phi) is 5.58. The van der Waals surface area contributed by atoms with Gasteiger partial charge in [0.25, 0.3) is 5.91 Å². The first kappa shape index (κ1) is 17.1. The summed E-state index contributed by atoms with van der Waals surface area (Å²) in [5.74, 6) is 0.106. The highest BCUT2D eigenvalue weighted by atomic mass is 79.9. The first-order valence-corrected chi connectivity index (χ1v) is 8.22. The number of nitrogens with zero attached hydrogens (tertiary/aromatic N) is 1. The maximum Gasteiger partial charge on any atom is 0.254 e. The van der Waals surface area contributed by atoms with Gasteiger partial charge in [-0.2, -0.15) is 0 Å². The molecule has 1 amide bonds. The number of nitrogens with one attached hydrogen (secondary N) is 1. The second kappa shape index (κ2) is 6.86. The van der Waals surface area contributed by atoms with Crippen LogP contribution in [0.1, 0.15) is 29.6 Å². The molecule has 0 radical (unpaired) electrons. The molecule has 0 aromatic heterocycles. The molecule has 0 saturated carbocycles. The maximum absolute atomic E-state index is 12.6. The van der Waals surface area contributed by atoms with Crippen LogP contribution in [0.3, 0.4) is 0 Å². The summed E-state index contributed by atoms with van der Waals surface area (Å²) in [4.78, 5) is 14.5. The third kappa shape index (κ3) is 3.55. The van der Waals surface area contributed by atoms with Gasteiger partial charge in [0.15, 0.2) is 0 Å². The Morgan fingerprint density at radius 1 is 1.29 bits per heavy atom. The Labute approximate surface area is 144 Å². The van der Waals surface area contributed by atoms with Gasteiger partial charge in [0.05, 0.1) is 5.56 Å². The molecule has 2 aliphatic rings. The molecule has 2 fully saturated rings. The summed E-state index contributed by atoms with van der Waals surface area (Å²) in [6, 6.07) is 5.35. The van der Waals surface area contributed by atoms with Gasteiger partial charge in [-0.15, -0.1) is 12.4 Å². The van der Waals surface area contributed by atoms with Gasteiger partial charge in [-0.25, -0.2) is 0 Å². The van der Waals surface area contributed by atoms with Crippen LogP contribution in [-0.4, -0.2) is 37.0 Å². The van der Waals surface area contributed by atoms with Crippen molar-refractivity contribution in [2.24, 2.45) is 5.41 Å². The average Bonchev–Trinajstić information content (AvgIpc) is 2.87. The van der Waals surface area contributed by atoms with E-state index in [4.69, 9.17) is 11.6 Å². The summed E-state index contributed by atoms with van der Waals surface area (Å²) >= 11 is 9.36. The summed E-state index contributed by atoms with van der Waals surface area (Å²) in [6.07, 6.45) is 3.47. The van der Waals surface area contributed by atoms with Crippen LogP contribution in [0.15, 0.2) is 22.7 Å². The van der Waals surface area contributed by atoms with Crippen molar-refractivity contribution in [3.05, 3.63) is 33.3 Å². The zero-order valence-electron chi connectivity index (χ0n) is 11.7. The van der Waals surface area contributed by atoms with Crippen LogP contribution in [0.5, 0.6) is 0 Å². The van der Waals surface area contributed by atoms with Gasteiger partial charge >= 0.3 is 0 Å². The number of likely N-dealkylation sites (tertiary alicyclic amines) is 1. The minimum atomic E-state index is 0. The molecular weight excluding hydrogens is 375 g/mol. The minimum absolute atomic E-state index is 0. The Morgan fingerprint density at radius 3 is 2.57 bits per heavy atom. The molecule has 3 rings (SSSR count). The fourth-order valence-corrected chi connectivity index (χ4v) is 4.09. The van der Waals surface area contributed by atoms with Crippen molar-refractivity contribution >= 4 is 45.8 Å². The molecule has 0 unspecified atom stereocenters. The molecule has 1 spiro atoms. The zero-order chi connectivity index (χ0) is 14.2. The van der Waals surface area contributed by atoms with Crippen LogP contribution in [0.25, 0.3) is 0 Å². The molecule has 116 valence electrons. The van der Waals surface area contributed by atoms with Gasteiger partial charge in [-0.05, 0) is 65.4 Å². The minimum Gasteiger partial charge on any atom is -0.339 e. The van der Waals surface area contributed by atoms with Crippen LogP contribution in [-0.2, 0) is 0 Å². The molecule has 1 aromatic carbocycles. The Hall–Kier alpha value is -0.290. The Balaban J connectivity index is 0.00000161. The Bertz CT molecular complexity index is 522.